The molecule has 0 N–H and O–H groups in total. The monoisotopic (exact) mass is 681 g/mol. The van der Waals surface area contributed by atoms with Gasteiger partial charge in [-0.1, -0.05) is 69.5 Å². The molecule has 0 radical (unpaired) electrons. The molecule has 0 spiro atoms. The average Bonchev–Trinajstić information content (AvgIpc) is 3.05. The van der Waals surface area contributed by atoms with Crippen LogP contribution in [-0.2, 0) is 6.42 Å². The van der Waals surface area contributed by atoms with Gasteiger partial charge in [-0.15, -0.1) is 0 Å². The summed E-state index contributed by atoms with van der Waals surface area (Å²) >= 11 is 0. The van der Waals surface area contributed by atoms with Gasteiger partial charge in [-0.3, -0.25) is 15.0 Å². The van der Waals surface area contributed by atoms with Crippen LogP contribution in [0.5, 0.6) is 0 Å². The van der Waals surface area contributed by atoms with Crippen LogP contribution in [0.25, 0.3) is 33.4 Å². The van der Waals surface area contributed by atoms with E-state index in [9.17, 15) is 13.2 Å². The molecule has 0 fully saturated rings. The average molecular weight is 682 g/mol. The lowest BCUT2D eigenvalue weighted by Gasteiger charge is -2.31. The van der Waals surface area contributed by atoms with Gasteiger partial charge in [0.25, 0.3) is 0 Å². The molecule has 0 saturated heterocycles. The van der Waals surface area contributed by atoms with Crippen LogP contribution in [0.3, 0.4) is 0 Å². The number of benzene rings is 3. The molecule has 0 unspecified atom stereocenters. The predicted molar refractivity (Wildman–Crippen MR) is 206 cm³/mol. The van der Waals surface area contributed by atoms with Crippen molar-refractivity contribution in [3.05, 3.63) is 141 Å². The number of aromatic nitrogens is 3. The third-order valence-corrected chi connectivity index (χ3v) is 10.4. The van der Waals surface area contributed by atoms with Gasteiger partial charge in [0.05, 0.1) is 6.42 Å². The van der Waals surface area contributed by atoms with E-state index in [2.05, 4.69) is 108 Å². The number of hydrogen-bond donors (Lipinski definition) is 0. The maximum atomic E-state index is 13.2. The van der Waals surface area contributed by atoms with E-state index in [1.165, 1.54) is 67.0 Å². The molecule has 0 atom stereocenters. The number of rotatable bonds is 7. The minimum absolute atomic E-state index is 0.00874. The summed E-state index contributed by atoms with van der Waals surface area (Å²) in [5, 5.41) is 0. The SMILES string of the molecule is Cc1cc(C)c(-c2cccnc2)c(C)c1B(c1c(C)cc(C)c(-c2cccnc2)c1C)c1c(C)cc(C)c(-c2ccc(CC(F)(F)F)nc2)c1C. The van der Waals surface area contributed by atoms with E-state index in [0.717, 1.165) is 38.9 Å². The summed E-state index contributed by atoms with van der Waals surface area (Å²) in [7, 11) is 0. The van der Waals surface area contributed by atoms with E-state index in [1.807, 2.05) is 24.5 Å². The molecule has 3 aromatic carbocycles. The minimum Gasteiger partial charge on any atom is -0.264 e. The molecule has 3 nitrogen and oxygen atoms in total. The Kier molecular flexibility index (Phi) is 9.78. The molecule has 0 aliphatic heterocycles. The highest BCUT2D eigenvalue weighted by atomic mass is 19.4. The quantitative estimate of drug-likeness (QED) is 0.158. The highest BCUT2D eigenvalue weighted by molar-refractivity contribution is 6.97. The van der Waals surface area contributed by atoms with Crippen LogP contribution in [0.1, 0.15) is 55.8 Å². The Balaban J connectivity index is 1.70. The van der Waals surface area contributed by atoms with Crippen molar-refractivity contribution in [2.24, 2.45) is 0 Å². The van der Waals surface area contributed by atoms with Crippen molar-refractivity contribution in [1.82, 2.24) is 15.0 Å². The van der Waals surface area contributed by atoms with Crippen molar-refractivity contribution in [2.75, 3.05) is 0 Å². The second-order valence-electron chi connectivity index (χ2n) is 14.0. The fraction of sp³-hybridized carbons (Fsp3) is 0.250. The summed E-state index contributed by atoms with van der Waals surface area (Å²) in [6.45, 7) is 19.5. The first-order valence-corrected chi connectivity index (χ1v) is 17.3. The fourth-order valence-corrected chi connectivity index (χ4v) is 8.60. The van der Waals surface area contributed by atoms with Crippen LogP contribution in [0.15, 0.2) is 85.6 Å². The smallest absolute Gasteiger partial charge is 0.264 e. The highest BCUT2D eigenvalue weighted by Gasteiger charge is 2.34. The molecule has 0 aliphatic carbocycles. The standard InChI is InChI=1S/C44H43BF3N3/c1-25-18-28(4)41(31(7)38(25)34-12-10-16-49-22-34)45(42-29(5)19-26(2)39(32(42)8)35-13-11-17-50-23-35)43-30(6)20-27(3)40(33(43)9)36-14-15-37(51-24-36)21-44(46,47)48/h10-20,22-24H,21H2,1-9H3. The Morgan fingerprint density at radius 2 is 0.902 bits per heavy atom. The molecule has 0 aliphatic rings. The second-order valence-corrected chi connectivity index (χ2v) is 14.0. The van der Waals surface area contributed by atoms with Crippen molar-refractivity contribution in [2.45, 2.75) is 74.9 Å². The molecule has 3 heterocycles. The summed E-state index contributed by atoms with van der Waals surface area (Å²) in [6.07, 6.45) is 3.69. The van der Waals surface area contributed by atoms with Crippen LogP contribution < -0.4 is 16.4 Å². The van der Waals surface area contributed by atoms with E-state index in [4.69, 9.17) is 0 Å². The van der Waals surface area contributed by atoms with Crippen molar-refractivity contribution in [3.63, 3.8) is 0 Å². The van der Waals surface area contributed by atoms with Crippen LogP contribution in [-0.4, -0.2) is 27.8 Å². The zero-order valence-corrected chi connectivity index (χ0v) is 30.8. The lowest BCUT2D eigenvalue weighted by molar-refractivity contribution is -0.127. The summed E-state index contributed by atoms with van der Waals surface area (Å²) in [5.41, 5.74) is 20.5. The van der Waals surface area contributed by atoms with Gasteiger partial charge in [-0.2, -0.15) is 13.2 Å². The van der Waals surface area contributed by atoms with Gasteiger partial charge in [0.2, 0.25) is 6.71 Å². The summed E-state index contributed by atoms with van der Waals surface area (Å²) in [6, 6.07) is 18.3. The minimum atomic E-state index is -4.32. The lowest BCUT2D eigenvalue weighted by Crippen LogP contribution is -2.58. The van der Waals surface area contributed by atoms with Gasteiger partial charge in [-0.05, 0) is 131 Å². The lowest BCUT2D eigenvalue weighted by atomic mass is 9.32. The van der Waals surface area contributed by atoms with Gasteiger partial charge >= 0.3 is 6.18 Å². The van der Waals surface area contributed by atoms with Crippen LogP contribution in [0, 0.1) is 62.3 Å². The van der Waals surface area contributed by atoms with Crippen LogP contribution >= 0.6 is 0 Å². The molecular formula is C44H43BF3N3. The molecule has 3 aromatic heterocycles. The molecule has 51 heavy (non-hydrogen) atoms. The second kappa shape index (κ2) is 13.9. The maximum absolute atomic E-state index is 13.2. The zero-order valence-electron chi connectivity index (χ0n) is 30.8. The maximum Gasteiger partial charge on any atom is 0.394 e. The van der Waals surface area contributed by atoms with Crippen molar-refractivity contribution >= 4 is 23.1 Å². The molecule has 0 amide bonds. The Hall–Kier alpha value is -5.04. The molecule has 7 heteroatoms. The third kappa shape index (κ3) is 6.86. The number of nitrogens with zero attached hydrogens (tertiary/aromatic N) is 3. The van der Waals surface area contributed by atoms with Crippen molar-refractivity contribution in [3.8, 4) is 33.4 Å². The van der Waals surface area contributed by atoms with E-state index in [1.54, 1.807) is 24.7 Å². The molecule has 6 rings (SSSR count). The summed E-state index contributed by atoms with van der Waals surface area (Å²) in [4.78, 5) is 13.2. The van der Waals surface area contributed by atoms with Crippen molar-refractivity contribution in [1.29, 1.82) is 0 Å². The Morgan fingerprint density at radius 1 is 0.510 bits per heavy atom. The van der Waals surface area contributed by atoms with Crippen LogP contribution in [0.4, 0.5) is 13.2 Å². The number of alkyl halides is 3. The molecule has 0 bridgehead atoms. The van der Waals surface area contributed by atoms with E-state index in [-0.39, 0.29) is 12.4 Å². The van der Waals surface area contributed by atoms with E-state index < -0.39 is 12.6 Å². The normalized spacial score (nSPS) is 11.6. The first kappa shape index (κ1) is 35.8. The topological polar surface area (TPSA) is 38.7 Å². The van der Waals surface area contributed by atoms with Gasteiger partial charge in [0.15, 0.2) is 0 Å². The largest absolute Gasteiger partial charge is 0.394 e. The Labute approximate surface area is 300 Å². The van der Waals surface area contributed by atoms with Gasteiger partial charge in [-0.25, -0.2) is 0 Å². The predicted octanol–water partition coefficient (Wildman–Crippen LogP) is 9.27. The fourth-order valence-electron chi connectivity index (χ4n) is 8.60. The number of hydrogen-bond acceptors (Lipinski definition) is 3. The summed E-state index contributed by atoms with van der Waals surface area (Å²) < 4.78 is 39.6. The van der Waals surface area contributed by atoms with E-state index >= 15 is 0 Å². The number of pyridine rings is 3. The third-order valence-electron chi connectivity index (χ3n) is 10.4. The van der Waals surface area contributed by atoms with Crippen LogP contribution in [0.2, 0.25) is 0 Å². The first-order chi connectivity index (χ1) is 24.2. The van der Waals surface area contributed by atoms with Gasteiger partial charge in [0.1, 0.15) is 0 Å². The number of aryl methyl sites for hydroxylation is 6. The Morgan fingerprint density at radius 3 is 1.22 bits per heavy atom. The zero-order chi connectivity index (χ0) is 36.8. The highest BCUT2D eigenvalue weighted by Crippen LogP contribution is 2.33. The molecule has 0 saturated carbocycles. The van der Waals surface area contributed by atoms with E-state index in [0.29, 0.717) is 0 Å². The molecular weight excluding hydrogens is 638 g/mol. The number of halogens is 3. The van der Waals surface area contributed by atoms with Gasteiger partial charge < -0.3 is 0 Å². The van der Waals surface area contributed by atoms with Gasteiger partial charge in [0, 0.05) is 53.4 Å². The molecule has 258 valence electrons. The first-order valence-electron chi connectivity index (χ1n) is 17.3. The Bertz CT molecular complexity index is 2140. The summed E-state index contributed by atoms with van der Waals surface area (Å²) in [5.74, 6) is 0. The molecule has 6 aromatic rings. The van der Waals surface area contributed by atoms with Crippen molar-refractivity contribution < 1.29 is 13.2 Å².